The second-order valence-corrected chi connectivity index (χ2v) is 18.1. The molecule has 0 saturated heterocycles. The molecular formula is C61H37NOS. The Morgan fingerprint density at radius 1 is 0.328 bits per heavy atom. The summed E-state index contributed by atoms with van der Waals surface area (Å²) in [5.74, 6) is 0. The van der Waals surface area contributed by atoms with Crippen LogP contribution in [0.25, 0.3) is 86.6 Å². The van der Waals surface area contributed by atoms with Crippen LogP contribution in [-0.4, -0.2) is 0 Å². The predicted octanol–water partition coefficient (Wildman–Crippen LogP) is 17.1. The molecule has 14 rings (SSSR count). The van der Waals surface area contributed by atoms with E-state index in [1.807, 2.05) is 17.4 Å². The fourth-order valence-corrected chi connectivity index (χ4v) is 12.6. The summed E-state index contributed by atoms with van der Waals surface area (Å²) in [6.07, 6.45) is 0. The van der Waals surface area contributed by atoms with Gasteiger partial charge in [0.05, 0.1) is 16.8 Å². The van der Waals surface area contributed by atoms with Gasteiger partial charge in [0.1, 0.15) is 11.2 Å². The van der Waals surface area contributed by atoms with Crippen LogP contribution in [0.15, 0.2) is 229 Å². The van der Waals surface area contributed by atoms with Crippen LogP contribution < -0.4 is 4.90 Å². The fraction of sp³-hybridized carbons (Fsp3) is 0.0164. The van der Waals surface area contributed by atoms with Crippen molar-refractivity contribution in [3.8, 4) is 44.5 Å². The molecule has 1 spiro atoms. The second kappa shape index (κ2) is 13.5. The van der Waals surface area contributed by atoms with Crippen LogP contribution in [0.4, 0.5) is 17.1 Å². The van der Waals surface area contributed by atoms with Crippen molar-refractivity contribution < 1.29 is 4.42 Å². The van der Waals surface area contributed by atoms with E-state index in [0.717, 1.165) is 50.1 Å². The van der Waals surface area contributed by atoms with Crippen LogP contribution in [0, 0.1) is 0 Å². The molecule has 0 bridgehead atoms. The van der Waals surface area contributed by atoms with E-state index in [-0.39, 0.29) is 0 Å². The largest absolute Gasteiger partial charge is 0.456 e. The third-order valence-electron chi connectivity index (χ3n) is 13.9. The molecule has 0 radical (unpaired) electrons. The van der Waals surface area contributed by atoms with Crippen LogP contribution in [0.2, 0.25) is 0 Å². The van der Waals surface area contributed by atoms with E-state index < -0.39 is 5.41 Å². The molecule has 298 valence electrons. The Kier molecular flexibility index (Phi) is 7.51. The van der Waals surface area contributed by atoms with Crippen LogP contribution in [0.5, 0.6) is 0 Å². The Balaban J connectivity index is 1.07. The molecule has 0 unspecified atom stereocenters. The smallest absolute Gasteiger partial charge is 0.136 e. The number of para-hydroxylation sites is 3. The first-order chi connectivity index (χ1) is 31.8. The lowest BCUT2D eigenvalue weighted by molar-refractivity contribution is 0.669. The van der Waals surface area contributed by atoms with Crippen molar-refractivity contribution in [1.29, 1.82) is 0 Å². The first kappa shape index (κ1) is 35.6. The number of rotatable bonds is 5. The topological polar surface area (TPSA) is 16.4 Å². The monoisotopic (exact) mass is 831 g/mol. The maximum atomic E-state index is 6.50. The van der Waals surface area contributed by atoms with Gasteiger partial charge >= 0.3 is 0 Å². The van der Waals surface area contributed by atoms with Crippen LogP contribution >= 0.6 is 11.3 Å². The number of hydrogen-bond acceptors (Lipinski definition) is 3. The molecule has 0 atom stereocenters. The maximum absolute atomic E-state index is 6.50. The molecule has 2 aliphatic rings. The normalized spacial score (nSPS) is 13.1. The number of thiophene rings is 1. The minimum Gasteiger partial charge on any atom is -0.456 e. The third kappa shape index (κ3) is 4.79. The molecule has 0 saturated carbocycles. The molecule has 2 aromatic heterocycles. The highest BCUT2D eigenvalue weighted by Crippen LogP contribution is 2.63. The highest BCUT2D eigenvalue weighted by Gasteiger charge is 2.51. The molecular weight excluding hydrogens is 795 g/mol. The molecule has 12 aromatic rings. The average molecular weight is 832 g/mol. The molecule has 2 heterocycles. The molecule has 2 nitrogen and oxygen atoms in total. The maximum Gasteiger partial charge on any atom is 0.136 e. The lowest BCUT2D eigenvalue weighted by atomic mass is 9.70. The number of hydrogen-bond donors (Lipinski definition) is 0. The summed E-state index contributed by atoms with van der Waals surface area (Å²) in [6, 6.07) is 82.8. The molecule has 0 aliphatic heterocycles. The van der Waals surface area contributed by atoms with E-state index in [2.05, 4.69) is 223 Å². The molecule has 2 aliphatic carbocycles. The Morgan fingerprint density at radius 3 is 1.48 bits per heavy atom. The van der Waals surface area contributed by atoms with Gasteiger partial charge in [0, 0.05) is 47.8 Å². The quantitative estimate of drug-likeness (QED) is 0.172. The Hall–Kier alpha value is -7.98. The zero-order chi connectivity index (χ0) is 41.9. The standard InChI is InChI=1S/C61H37NOS/c1-8-26-49-39(17-1)40-18-2-9-27-50(40)61(49)51-28-10-3-19-41(51)48-37-38(35-36-52(48)61)62(53-29-11-4-20-42(53)44-24-15-32-56-59(44)46-22-6-13-31-55(46)63-56)54-30-12-5-21-43(54)45-25-16-34-58-60(45)47-23-7-14-33-57(47)64-58/h1-37H. The van der Waals surface area contributed by atoms with Gasteiger partial charge in [-0.1, -0.05) is 176 Å². The van der Waals surface area contributed by atoms with Crippen molar-refractivity contribution in [1.82, 2.24) is 0 Å². The highest BCUT2D eigenvalue weighted by molar-refractivity contribution is 7.25. The SMILES string of the molecule is c1ccc(N(c2ccc3c(c2)-c2ccccc2C32c3ccccc3-c3ccccc32)c2ccccc2-c2cccc3sc4ccccc4c23)c(-c2cccc3oc4ccccc4c23)c1. The molecule has 3 heteroatoms. The molecule has 0 amide bonds. The molecule has 10 aromatic carbocycles. The molecule has 0 N–H and O–H groups in total. The van der Waals surface area contributed by atoms with Gasteiger partial charge in [-0.2, -0.15) is 0 Å². The van der Waals surface area contributed by atoms with Gasteiger partial charge in [0.2, 0.25) is 0 Å². The first-order valence-corrected chi connectivity index (χ1v) is 22.8. The highest BCUT2D eigenvalue weighted by atomic mass is 32.1. The van der Waals surface area contributed by atoms with Crippen molar-refractivity contribution in [2.45, 2.75) is 5.41 Å². The lowest BCUT2D eigenvalue weighted by Gasteiger charge is -2.32. The summed E-state index contributed by atoms with van der Waals surface area (Å²) in [7, 11) is 0. The van der Waals surface area contributed by atoms with Gasteiger partial charge in [0.25, 0.3) is 0 Å². The summed E-state index contributed by atoms with van der Waals surface area (Å²) in [4.78, 5) is 2.52. The van der Waals surface area contributed by atoms with E-state index in [1.54, 1.807) is 0 Å². The summed E-state index contributed by atoms with van der Waals surface area (Å²) in [5.41, 5.74) is 19.8. The predicted molar refractivity (Wildman–Crippen MR) is 268 cm³/mol. The third-order valence-corrected chi connectivity index (χ3v) is 15.1. The Bertz CT molecular complexity index is 3680. The van der Waals surface area contributed by atoms with Crippen molar-refractivity contribution in [3.05, 3.63) is 247 Å². The lowest BCUT2D eigenvalue weighted by Crippen LogP contribution is -2.25. The fourth-order valence-electron chi connectivity index (χ4n) is 11.4. The van der Waals surface area contributed by atoms with Gasteiger partial charge < -0.3 is 9.32 Å². The first-order valence-electron chi connectivity index (χ1n) is 22.0. The molecule has 64 heavy (non-hydrogen) atoms. The van der Waals surface area contributed by atoms with Crippen LogP contribution in [0.1, 0.15) is 22.3 Å². The summed E-state index contributed by atoms with van der Waals surface area (Å²) in [6.45, 7) is 0. The van der Waals surface area contributed by atoms with Crippen molar-refractivity contribution >= 4 is 70.5 Å². The number of fused-ring (bicyclic) bond motifs is 16. The average Bonchev–Trinajstić information content (AvgIpc) is 4.10. The van der Waals surface area contributed by atoms with Gasteiger partial charge in [0.15, 0.2) is 0 Å². The van der Waals surface area contributed by atoms with Gasteiger partial charge in [-0.3, -0.25) is 0 Å². The van der Waals surface area contributed by atoms with Crippen LogP contribution in [0.3, 0.4) is 0 Å². The van der Waals surface area contributed by atoms with Crippen molar-refractivity contribution in [3.63, 3.8) is 0 Å². The number of benzene rings is 10. The summed E-state index contributed by atoms with van der Waals surface area (Å²) >= 11 is 1.86. The summed E-state index contributed by atoms with van der Waals surface area (Å²) in [5, 5.41) is 4.82. The van der Waals surface area contributed by atoms with E-state index in [4.69, 9.17) is 4.42 Å². The number of anilines is 3. The number of nitrogens with zero attached hydrogens (tertiary/aromatic N) is 1. The zero-order valence-electron chi connectivity index (χ0n) is 34.6. The van der Waals surface area contributed by atoms with E-state index in [0.29, 0.717) is 0 Å². The van der Waals surface area contributed by atoms with Gasteiger partial charge in [-0.05, 0) is 104 Å². The van der Waals surface area contributed by atoms with Gasteiger partial charge in [-0.15, -0.1) is 11.3 Å². The Morgan fingerprint density at radius 2 is 0.797 bits per heavy atom. The summed E-state index contributed by atoms with van der Waals surface area (Å²) < 4.78 is 9.08. The molecule has 0 fully saturated rings. The van der Waals surface area contributed by atoms with E-state index >= 15 is 0 Å². The van der Waals surface area contributed by atoms with Gasteiger partial charge in [-0.25, -0.2) is 0 Å². The van der Waals surface area contributed by atoms with E-state index in [9.17, 15) is 0 Å². The minimum absolute atomic E-state index is 0.425. The van der Waals surface area contributed by atoms with Crippen LogP contribution in [-0.2, 0) is 5.41 Å². The van der Waals surface area contributed by atoms with E-state index in [1.165, 1.54) is 75.8 Å². The van der Waals surface area contributed by atoms with Crippen molar-refractivity contribution in [2.75, 3.05) is 4.90 Å². The Labute approximate surface area is 374 Å². The zero-order valence-corrected chi connectivity index (χ0v) is 35.4. The minimum atomic E-state index is -0.425. The number of furan rings is 1. The van der Waals surface area contributed by atoms with Crippen molar-refractivity contribution in [2.24, 2.45) is 0 Å². The second-order valence-electron chi connectivity index (χ2n) is 17.0.